The van der Waals surface area contributed by atoms with Gasteiger partial charge >= 0.3 is 0 Å². The molecule has 0 saturated carbocycles. The molecule has 0 bridgehead atoms. The van der Waals surface area contributed by atoms with Crippen LogP contribution in [0.1, 0.15) is 34.1 Å². The van der Waals surface area contributed by atoms with Crippen molar-refractivity contribution in [1.82, 2.24) is 9.80 Å². The van der Waals surface area contributed by atoms with Gasteiger partial charge in [0.2, 0.25) is 0 Å². The summed E-state index contributed by atoms with van der Waals surface area (Å²) in [5, 5.41) is 0. The van der Waals surface area contributed by atoms with E-state index >= 15 is 0 Å². The van der Waals surface area contributed by atoms with Crippen LogP contribution in [0.4, 0.5) is 0 Å². The molecule has 1 atom stereocenters. The van der Waals surface area contributed by atoms with E-state index in [0.717, 1.165) is 13.1 Å². The van der Waals surface area contributed by atoms with Gasteiger partial charge < -0.3 is 4.74 Å². The van der Waals surface area contributed by atoms with Crippen molar-refractivity contribution in [1.29, 1.82) is 0 Å². The zero-order valence-corrected chi connectivity index (χ0v) is 12.0. The van der Waals surface area contributed by atoms with E-state index in [1.165, 1.54) is 6.42 Å². The molecule has 1 unspecified atom stereocenters. The maximum atomic E-state index is 5.49. The van der Waals surface area contributed by atoms with Crippen LogP contribution in [0, 0.1) is 0 Å². The number of rotatable bonds is 4. The Morgan fingerprint density at radius 3 is 2.38 bits per heavy atom. The lowest BCUT2D eigenvalue weighted by Gasteiger charge is -2.32. The third-order valence-corrected chi connectivity index (χ3v) is 4.06. The highest BCUT2D eigenvalue weighted by Gasteiger charge is 2.38. The summed E-state index contributed by atoms with van der Waals surface area (Å²) in [4.78, 5) is 4.89. The lowest BCUT2D eigenvalue weighted by molar-refractivity contribution is -0.00984. The van der Waals surface area contributed by atoms with Crippen molar-refractivity contribution in [3.05, 3.63) is 0 Å². The molecule has 1 aliphatic heterocycles. The molecule has 1 saturated heterocycles. The molecule has 0 amide bonds. The molecule has 96 valence electrons. The van der Waals surface area contributed by atoms with E-state index in [1.807, 2.05) is 0 Å². The topological polar surface area (TPSA) is 15.7 Å². The Morgan fingerprint density at radius 1 is 1.44 bits per heavy atom. The number of hydrogen-bond donors (Lipinski definition) is 0. The average Bonchev–Trinajstić information content (AvgIpc) is 2.41. The summed E-state index contributed by atoms with van der Waals surface area (Å²) < 4.78 is 5.49. The Morgan fingerprint density at radius 2 is 2.00 bits per heavy atom. The quantitative estimate of drug-likeness (QED) is 0.730. The Bertz CT molecular complexity index is 238. The van der Waals surface area contributed by atoms with Crippen LogP contribution < -0.4 is 0 Å². The van der Waals surface area contributed by atoms with Crippen LogP contribution in [-0.4, -0.2) is 61.3 Å². The van der Waals surface area contributed by atoms with Gasteiger partial charge in [0.1, 0.15) is 0 Å². The van der Waals surface area contributed by atoms with Crippen molar-refractivity contribution < 1.29 is 4.74 Å². The van der Waals surface area contributed by atoms with Crippen LogP contribution >= 0.6 is 0 Å². The fourth-order valence-electron chi connectivity index (χ4n) is 2.45. The molecule has 1 aliphatic rings. The maximum absolute atomic E-state index is 5.49. The monoisotopic (exact) mass is 228 g/mol. The molecular formula is C13H28N2O. The van der Waals surface area contributed by atoms with Gasteiger partial charge in [0.25, 0.3) is 0 Å². The largest absolute Gasteiger partial charge is 0.377 e. The van der Waals surface area contributed by atoms with E-state index in [9.17, 15) is 0 Å². The van der Waals surface area contributed by atoms with Gasteiger partial charge in [0.15, 0.2) is 0 Å². The summed E-state index contributed by atoms with van der Waals surface area (Å²) in [5.41, 5.74) is 0.274. The Kier molecular flexibility index (Phi) is 4.04. The van der Waals surface area contributed by atoms with Crippen molar-refractivity contribution in [2.75, 3.05) is 34.3 Å². The molecule has 1 fully saturated rings. The number of likely N-dealkylation sites (N-methyl/N-ethyl adjacent to an activating group) is 2. The summed E-state index contributed by atoms with van der Waals surface area (Å²) in [6, 6.07) is 0.648. The zero-order chi connectivity index (χ0) is 12.6. The molecule has 0 aromatic heterocycles. The smallest absolute Gasteiger partial charge is 0.0749 e. The molecule has 0 radical (unpaired) electrons. The Hall–Kier alpha value is -0.120. The zero-order valence-electron chi connectivity index (χ0n) is 12.0. The van der Waals surface area contributed by atoms with E-state index in [-0.39, 0.29) is 5.60 Å². The first-order valence-electron chi connectivity index (χ1n) is 6.14. The van der Waals surface area contributed by atoms with Crippen LogP contribution in [0.25, 0.3) is 0 Å². The first kappa shape index (κ1) is 13.9. The molecule has 0 spiro atoms. The second-order valence-electron chi connectivity index (χ2n) is 6.43. The third-order valence-electron chi connectivity index (χ3n) is 4.06. The third kappa shape index (κ3) is 3.19. The molecular weight excluding hydrogens is 200 g/mol. The van der Waals surface area contributed by atoms with Gasteiger partial charge in [-0.2, -0.15) is 0 Å². The standard InChI is InChI=1S/C13H28N2O/c1-12(2)8-11(9-15(12)6)14(5)10-13(3,4)16-7/h11H,8-10H2,1-7H3. The second-order valence-corrected chi connectivity index (χ2v) is 6.43. The molecule has 1 heterocycles. The molecule has 1 rings (SSSR count). The van der Waals surface area contributed by atoms with E-state index in [1.54, 1.807) is 7.11 Å². The predicted octanol–water partition coefficient (Wildman–Crippen LogP) is 1.83. The number of likely N-dealkylation sites (tertiary alicyclic amines) is 1. The van der Waals surface area contributed by atoms with Crippen molar-refractivity contribution in [3.63, 3.8) is 0 Å². The maximum Gasteiger partial charge on any atom is 0.0749 e. The molecule has 3 nitrogen and oxygen atoms in total. The minimum atomic E-state index is -0.0555. The van der Waals surface area contributed by atoms with Gasteiger partial charge in [-0.1, -0.05) is 0 Å². The van der Waals surface area contributed by atoms with Crippen LogP contribution in [0.15, 0.2) is 0 Å². The predicted molar refractivity (Wildman–Crippen MR) is 68.8 cm³/mol. The van der Waals surface area contributed by atoms with Crippen LogP contribution in [0.5, 0.6) is 0 Å². The van der Waals surface area contributed by atoms with Gasteiger partial charge in [-0.3, -0.25) is 9.80 Å². The minimum Gasteiger partial charge on any atom is -0.377 e. The van der Waals surface area contributed by atoms with Crippen LogP contribution in [0.3, 0.4) is 0 Å². The SMILES string of the molecule is COC(C)(C)CN(C)C1CN(C)C(C)(C)C1. The first-order chi connectivity index (χ1) is 7.18. The van der Waals surface area contributed by atoms with Gasteiger partial charge in [-0.15, -0.1) is 0 Å². The lowest BCUT2D eigenvalue weighted by Crippen LogP contribution is -2.44. The van der Waals surface area contributed by atoms with Gasteiger partial charge in [0.05, 0.1) is 5.60 Å². The van der Waals surface area contributed by atoms with Crippen molar-refractivity contribution in [2.45, 2.75) is 51.3 Å². The van der Waals surface area contributed by atoms with Gasteiger partial charge in [-0.25, -0.2) is 0 Å². The fraction of sp³-hybridized carbons (Fsp3) is 1.00. The van der Waals surface area contributed by atoms with E-state index < -0.39 is 0 Å². The van der Waals surface area contributed by atoms with Gasteiger partial charge in [-0.05, 0) is 48.2 Å². The van der Waals surface area contributed by atoms with E-state index in [4.69, 9.17) is 4.74 Å². The van der Waals surface area contributed by atoms with Crippen LogP contribution in [0.2, 0.25) is 0 Å². The number of hydrogen-bond acceptors (Lipinski definition) is 3. The number of ether oxygens (including phenoxy) is 1. The minimum absolute atomic E-state index is 0.0555. The first-order valence-corrected chi connectivity index (χ1v) is 6.14. The number of nitrogens with zero attached hydrogens (tertiary/aromatic N) is 2. The van der Waals surface area contributed by atoms with E-state index in [2.05, 4.69) is 51.6 Å². The highest BCUT2D eigenvalue weighted by Crippen LogP contribution is 2.29. The Balaban J connectivity index is 2.54. The highest BCUT2D eigenvalue weighted by atomic mass is 16.5. The van der Waals surface area contributed by atoms with Crippen molar-refractivity contribution in [3.8, 4) is 0 Å². The average molecular weight is 228 g/mol. The lowest BCUT2D eigenvalue weighted by atomic mass is 9.99. The molecule has 0 aromatic carbocycles. The fourth-order valence-corrected chi connectivity index (χ4v) is 2.45. The summed E-state index contributed by atoms with van der Waals surface area (Å²) in [6.45, 7) is 11.1. The molecule has 0 N–H and O–H groups in total. The summed E-state index contributed by atoms with van der Waals surface area (Å²) in [5.74, 6) is 0. The normalized spacial score (nSPS) is 26.6. The second kappa shape index (κ2) is 4.63. The van der Waals surface area contributed by atoms with Gasteiger partial charge in [0, 0.05) is 31.8 Å². The summed E-state index contributed by atoms with van der Waals surface area (Å²) >= 11 is 0. The molecule has 16 heavy (non-hydrogen) atoms. The highest BCUT2D eigenvalue weighted by molar-refractivity contribution is 4.95. The summed E-state index contributed by atoms with van der Waals surface area (Å²) in [6.07, 6.45) is 1.24. The Labute approximate surface area is 101 Å². The van der Waals surface area contributed by atoms with Crippen molar-refractivity contribution in [2.24, 2.45) is 0 Å². The molecule has 3 heteroatoms. The molecule has 0 aliphatic carbocycles. The van der Waals surface area contributed by atoms with Crippen LogP contribution in [-0.2, 0) is 4.74 Å². The molecule has 0 aromatic rings. The van der Waals surface area contributed by atoms with Crippen molar-refractivity contribution >= 4 is 0 Å². The summed E-state index contributed by atoms with van der Waals surface area (Å²) in [7, 11) is 6.22. The van der Waals surface area contributed by atoms with E-state index in [0.29, 0.717) is 11.6 Å². The number of methoxy groups -OCH3 is 1.